The molecule has 1 aliphatic heterocycles. The van der Waals surface area contributed by atoms with Gasteiger partial charge in [0.2, 0.25) is 0 Å². The molecule has 92 valence electrons. The van der Waals surface area contributed by atoms with E-state index in [4.69, 9.17) is 4.74 Å². The SMILES string of the molecule is C=CC1CC[C@@H](CC)N1C(=O)OC(C)(C)C. The zero-order valence-corrected chi connectivity index (χ0v) is 10.8. The lowest BCUT2D eigenvalue weighted by atomic mass is 10.1. The Hall–Kier alpha value is -0.990. The van der Waals surface area contributed by atoms with Crippen LogP contribution in [0.15, 0.2) is 12.7 Å². The largest absolute Gasteiger partial charge is 0.444 e. The number of hydrogen-bond donors (Lipinski definition) is 0. The summed E-state index contributed by atoms with van der Waals surface area (Å²) in [6.07, 6.45) is 4.67. The number of carbonyl (C=O) groups excluding carboxylic acids is 1. The van der Waals surface area contributed by atoms with Crippen LogP contribution >= 0.6 is 0 Å². The zero-order valence-electron chi connectivity index (χ0n) is 10.8. The lowest BCUT2D eigenvalue weighted by Gasteiger charge is -2.31. The van der Waals surface area contributed by atoms with Gasteiger partial charge in [-0.3, -0.25) is 4.90 Å². The first kappa shape index (κ1) is 13.1. The van der Waals surface area contributed by atoms with Crippen molar-refractivity contribution in [2.45, 2.75) is 64.6 Å². The van der Waals surface area contributed by atoms with Crippen molar-refractivity contribution in [1.29, 1.82) is 0 Å². The predicted molar refractivity (Wildman–Crippen MR) is 65.4 cm³/mol. The van der Waals surface area contributed by atoms with E-state index in [2.05, 4.69) is 13.5 Å². The molecule has 0 N–H and O–H groups in total. The van der Waals surface area contributed by atoms with Gasteiger partial charge in [0.05, 0.1) is 6.04 Å². The van der Waals surface area contributed by atoms with Gasteiger partial charge in [0, 0.05) is 6.04 Å². The third kappa shape index (κ3) is 3.00. The van der Waals surface area contributed by atoms with Crippen LogP contribution in [0.4, 0.5) is 4.79 Å². The second kappa shape index (κ2) is 4.89. The van der Waals surface area contributed by atoms with Gasteiger partial charge in [0.15, 0.2) is 0 Å². The Morgan fingerprint density at radius 3 is 2.56 bits per heavy atom. The van der Waals surface area contributed by atoms with E-state index in [0.717, 1.165) is 19.3 Å². The van der Waals surface area contributed by atoms with E-state index in [-0.39, 0.29) is 12.1 Å². The number of ether oxygens (including phenoxy) is 1. The van der Waals surface area contributed by atoms with Crippen molar-refractivity contribution < 1.29 is 9.53 Å². The molecule has 0 spiro atoms. The van der Waals surface area contributed by atoms with E-state index in [1.54, 1.807) is 0 Å². The first-order valence-electron chi connectivity index (χ1n) is 6.03. The van der Waals surface area contributed by atoms with Crippen molar-refractivity contribution in [3.05, 3.63) is 12.7 Å². The molecule has 3 nitrogen and oxygen atoms in total. The molecular weight excluding hydrogens is 202 g/mol. The highest BCUT2D eigenvalue weighted by Gasteiger charge is 2.36. The van der Waals surface area contributed by atoms with Gasteiger partial charge < -0.3 is 4.74 Å². The van der Waals surface area contributed by atoms with Gasteiger partial charge in [-0.25, -0.2) is 4.79 Å². The van der Waals surface area contributed by atoms with Gasteiger partial charge in [0.25, 0.3) is 0 Å². The van der Waals surface area contributed by atoms with Crippen molar-refractivity contribution >= 4 is 6.09 Å². The molecule has 1 fully saturated rings. The second-order valence-electron chi connectivity index (χ2n) is 5.33. The van der Waals surface area contributed by atoms with Gasteiger partial charge in [-0.2, -0.15) is 0 Å². The van der Waals surface area contributed by atoms with Crippen LogP contribution in [0.3, 0.4) is 0 Å². The van der Waals surface area contributed by atoms with Crippen molar-refractivity contribution in [3.8, 4) is 0 Å². The maximum atomic E-state index is 12.1. The summed E-state index contributed by atoms with van der Waals surface area (Å²) < 4.78 is 5.43. The first-order chi connectivity index (χ1) is 7.39. The number of amides is 1. The molecule has 1 amide bonds. The number of nitrogens with zero attached hydrogens (tertiary/aromatic N) is 1. The maximum absolute atomic E-state index is 12.1. The number of rotatable bonds is 2. The average molecular weight is 225 g/mol. The molecule has 0 saturated carbocycles. The number of hydrogen-bond acceptors (Lipinski definition) is 2. The van der Waals surface area contributed by atoms with Crippen molar-refractivity contribution in [1.82, 2.24) is 4.90 Å². The molecule has 1 heterocycles. The van der Waals surface area contributed by atoms with Crippen LogP contribution in [0.5, 0.6) is 0 Å². The van der Waals surface area contributed by atoms with E-state index in [0.29, 0.717) is 6.04 Å². The van der Waals surface area contributed by atoms with Crippen LogP contribution < -0.4 is 0 Å². The fourth-order valence-electron chi connectivity index (χ4n) is 2.14. The zero-order chi connectivity index (χ0) is 12.3. The molecule has 0 aromatic rings. The molecule has 1 aliphatic rings. The molecule has 1 rings (SSSR count). The summed E-state index contributed by atoms with van der Waals surface area (Å²) >= 11 is 0. The lowest BCUT2D eigenvalue weighted by Crippen LogP contribution is -2.43. The van der Waals surface area contributed by atoms with Crippen molar-refractivity contribution in [2.75, 3.05) is 0 Å². The quantitative estimate of drug-likeness (QED) is 0.674. The summed E-state index contributed by atoms with van der Waals surface area (Å²) in [6, 6.07) is 0.442. The fraction of sp³-hybridized carbons (Fsp3) is 0.769. The van der Waals surface area contributed by atoms with E-state index in [1.165, 1.54) is 0 Å². The summed E-state index contributed by atoms with van der Waals surface area (Å²) in [4.78, 5) is 13.9. The van der Waals surface area contributed by atoms with Gasteiger partial charge in [-0.1, -0.05) is 13.0 Å². The highest BCUT2D eigenvalue weighted by Crippen LogP contribution is 2.28. The van der Waals surface area contributed by atoms with Crippen molar-refractivity contribution in [3.63, 3.8) is 0 Å². The van der Waals surface area contributed by atoms with Crippen molar-refractivity contribution in [2.24, 2.45) is 0 Å². The minimum atomic E-state index is -0.427. The smallest absolute Gasteiger partial charge is 0.411 e. The van der Waals surface area contributed by atoms with Gasteiger partial charge in [-0.05, 0) is 40.0 Å². The fourth-order valence-corrected chi connectivity index (χ4v) is 2.14. The van der Waals surface area contributed by atoms with E-state index in [9.17, 15) is 4.79 Å². The number of carbonyl (C=O) groups is 1. The molecule has 0 aliphatic carbocycles. The molecule has 0 bridgehead atoms. The molecule has 1 saturated heterocycles. The van der Waals surface area contributed by atoms with Crippen LogP contribution in [0.2, 0.25) is 0 Å². The van der Waals surface area contributed by atoms with Crippen LogP contribution in [0.1, 0.15) is 47.0 Å². The van der Waals surface area contributed by atoms with Crippen LogP contribution in [-0.4, -0.2) is 28.7 Å². The lowest BCUT2D eigenvalue weighted by molar-refractivity contribution is 0.0177. The molecule has 0 aromatic heterocycles. The Morgan fingerprint density at radius 2 is 2.12 bits per heavy atom. The Labute approximate surface area is 98.5 Å². The summed E-state index contributed by atoms with van der Waals surface area (Å²) in [5.74, 6) is 0. The molecule has 16 heavy (non-hydrogen) atoms. The molecular formula is C13H23NO2. The minimum absolute atomic E-state index is 0.139. The van der Waals surface area contributed by atoms with Gasteiger partial charge >= 0.3 is 6.09 Å². The average Bonchev–Trinajstić information content (AvgIpc) is 2.57. The van der Waals surface area contributed by atoms with Crippen LogP contribution in [0, 0.1) is 0 Å². The van der Waals surface area contributed by atoms with Crippen LogP contribution in [-0.2, 0) is 4.74 Å². The topological polar surface area (TPSA) is 29.5 Å². The van der Waals surface area contributed by atoms with Gasteiger partial charge in [0.1, 0.15) is 5.60 Å². The van der Waals surface area contributed by atoms with E-state index in [1.807, 2.05) is 31.7 Å². The highest BCUT2D eigenvalue weighted by molar-refractivity contribution is 5.69. The summed E-state index contributed by atoms with van der Waals surface area (Å²) in [5.41, 5.74) is -0.427. The maximum Gasteiger partial charge on any atom is 0.411 e. The van der Waals surface area contributed by atoms with E-state index < -0.39 is 5.60 Å². The Kier molecular flexibility index (Phi) is 4.00. The third-order valence-corrected chi connectivity index (χ3v) is 2.89. The normalized spacial score (nSPS) is 25.6. The van der Waals surface area contributed by atoms with Crippen LogP contribution in [0.25, 0.3) is 0 Å². The summed E-state index contributed by atoms with van der Waals surface area (Å²) in [6.45, 7) is 11.6. The molecule has 3 heteroatoms. The van der Waals surface area contributed by atoms with Gasteiger partial charge in [-0.15, -0.1) is 6.58 Å². The monoisotopic (exact) mass is 225 g/mol. The molecule has 0 radical (unpaired) electrons. The Bertz CT molecular complexity index is 268. The Morgan fingerprint density at radius 1 is 1.50 bits per heavy atom. The summed E-state index contributed by atoms with van der Waals surface area (Å²) in [7, 11) is 0. The molecule has 0 aromatic carbocycles. The summed E-state index contributed by atoms with van der Waals surface area (Å²) in [5, 5.41) is 0. The highest BCUT2D eigenvalue weighted by atomic mass is 16.6. The third-order valence-electron chi connectivity index (χ3n) is 2.89. The Balaban J connectivity index is 2.74. The predicted octanol–water partition coefficient (Wildman–Crippen LogP) is 3.35. The van der Waals surface area contributed by atoms with E-state index >= 15 is 0 Å². The standard InChI is InChI=1S/C13H23NO2/c1-6-10-8-9-11(7-2)14(10)12(15)16-13(3,4)5/h6,10-11H,1,7-9H2,2-5H3/t10?,11-/m1/s1. The second-order valence-corrected chi connectivity index (χ2v) is 5.33. The first-order valence-corrected chi connectivity index (χ1v) is 6.03. The number of likely N-dealkylation sites (tertiary alicyclic amines) is 1. The molecule has 1 unspecified atom stereocenters. The minimum Gasteiger partial charge on any atom is -0.444 e. The molecule has 2 atom stereocenters.